The molecule has 4 N–H and O–H groups in total. The topological polar surface area (TPSA) is 66.5 Å². The monoisotopic (exact) mass is 201 g/mol. The summed E-state index contributed by atoms with van der Waals surface area (Å²) < 4.78 is 25.3. The second-order valence-corrected chi connectivity index (χ2v) is 2.92. The van der Waals surface area contributed by atoms with Crippen LogP contribution in [0.15, 0.2) is 18.2 Å². The first-order valence-corrected chi connectivity index (χ1v) is 4.03. The molecule has 76 valence electrons. The lowest BCUT2D eigenvalue weighted by molar-refractivity contribution is 0.422. The van der Waals surface area contributed by atoms with Crippen LogP contribution >= 0.6 is 0 Å². The summed E-state index contributed by atoms with van der Waals surface area (Å²) in [6.45, 7) is -0.863. The van der Waals surface area contributed by atoms with Crippen molar-refractivity contribution >= 4 is 12.6 Å². The van der Waals surface area contributed by atoms with Gasteiger partial charge in [-0.3, -0.25) is 0 Å². The van der Waals surface area contributed by atoms with E-state index < -0.39 is 25.7 Å². The first-order valence-electron chi connectivity index (χ1n) is 4.03. The highest BCUT2D eigenvalue weighted by atomic mass is 19.1. The predicted octanol–water partition coefficient (Wildman–Crippen LogP) is -0.525. The van der Waals surface area contributed by atoms with Crippen LogP contribution in [0.4, 0.5) is 8.78 Å². The molecule has 0 fully saturated rings. The first kappa shape index (κ1) is 11.1. The molecule has 0 saturated carbocycles. The standard InChI is InChI=1S/C8H10BF2NO2/c10-4-8(12)6-2-1-5(9(13)14)3-7(6)11/h1-3,8,13-14H,4,12H2/t8-/m0/s1. The molecule has 6 heteroatoms. The maximum Gasteiger partial charge on any atom is 0.488 e. The molecule has 1 atom stereocenters. The van der Waals surface area contributed by atoms with Gasteiger partial charge in [0.05, 0.1) is 6.04 Å². The van der Waals surface area contributed by atoms with Gasteiger partial charge in [0.15, 0.2) is 0 Å². The third-order valence-corrected chi connectivity index (χ3v) is 1.89. The zero-order valence-electron chi connectivity index (χ0n) is 7.32. The van der Waals surface area contributed by atoms with Crippen LogP contribution in [0.2, 0.25) is 0 Å². The maximum absolute atomic E-state index is 13.2. The average Bonchev–Trinajstić information content (AvgIpc) is 2.16. The molecule has 0 aromatic heterocycles. The fraction of sp³-hybridized carbons (Fsp3) is 0.250. The zero-order chi connectivity index (χ0) is 10.7. The van der Waals surface area contributed by atoms with E-state index in [4.69, 9.17) is 15.8 Å². The number of rotatable bonds is 3. The summed E-state index contributed by atoms with van der Waals surface area (Å²) in [6, 6.07) is 2.45. The number of hydrogen-bond donors (Lipinski definition) is 3. The van der Waals surface area contributed by atoms with Gasteiger partial charge in [0, 0.05) is 5.56 Å². The van der Waals surface area contributed by atoms with E-state index in [-0.39, 0.29) is 11.0 Å². The summed E-state index contributed by atoms with van der Waals surface area (Å²) >= 11 is 0. The Bertz CT molecular complexity index is 322. The third-order valence-electron chi connectivity index (χ3n) is 1.89. The highest BCUT2D eigenvalue weighted by molar-refractivity contribution is 6.58. The molecular weight excluding hydrogens is 191 g/mol. The molecule has 0 heterocycles. The van der Waals surface area contributed by atoms with E-state index in [9.17, 15) is 8.78 Å². The summed E-state index contributed by atoms with van der Waals surface area (Å²) in [6.07, 6.45) is 0. The highest BCUT2D eigenvalue weighted by Crippen LogP contribution is 2.13. The van der Waals surface area contributed by atoms with E-state index in [0.29, 0.717) is 0 Å². The molecule has 1 aromatic rings. The Kier molecular flexibility index (Phi) is 3.57. The minimum absolute atomic E-state index is 0.0114. The van der Waals surface area contributed by atoms with Crippen molar-refractivity contribution in [1.82, 2.24) is 0 Å². The van der Waals surface area contributed by atoms with Gasteiger partial charge < -0.3 is 15.8 Å². The van der Waals surface area contributed by atoms with Crippen LogP contribution in [0.1, 0.15) is 11.6 Å². The molecule has 0 radical (unpaired) electrons. The smallest absolute Gasteiger partial charge is 0.423 e. The number of halogens is 2. The normalized spacial score (nSPS) is 12.6. The second-order valence-electron chi connectivity index (χ2n) is 2.92. The van der Waals surface area contributed by atoms with Crippen LogP contribution in [0.25, 0.3) is 0 Å². The molecule has 0 aliphatic heterocycles. The Morgan fingerprint density at radius 2 is 2.07 bits per heavy atom. The highest BCUT2D eigenvalue weighted by Gasteiger charge is 2.16. The lowest BCUT2D eigenvalue weighted by Crippen LogP contribution is -2.30. The summed E-state index contributed by atoms with van der Waals surface area (Å²) in [4.78, 5) is 0. The van der Waals surface area contributed by atoms with E-state index in [2.05, 4.69) is 0 Å². The van der Waals surface area contributed by atoms with Crippen LogP contribution in [0, 0.1) is 5.82 Å². The summed E-state index contributed by atoms with van der Waals surface area (Å²) in [7, 11) is -1.74. The molecule has 0 bridgehead atoms. The van der Waals surface area contributed by atoms with Crippen molar-refractivity contribution in [3.63, 3.8) is 0 Å². The van der Waals surface area contributed by atoms with Gasteiger partial charge in [-0.1, -0.05) is 12.1 Å². The third kappa shape index (κ3) is 2.28. The first-order chi connectivity index (χ1) is 6.56. The number of nitrogens with two attached hydrogens (primary N) is 1. The summed E-state index contributed by atoms with van der Waals surface area (Å²) in [5, 5.41) is 17.4. The van der Waals surface area contributed by atoms with Crippen molar-refractivity contribution in [2.45, 2.75) is 6.04 Å². The van der Waals surface area contributed by atoms with Gasteiger partial charge >= 0.3 is 7.12 Å². The van der Waals surface area contributed by atoms with Crippen LogP contribution in [0.3, 0.4) is 0 Å². The molecule has 3 nitrogen and oxygen atoms in total. The fourth-order valence-electron chi connectivity index (χ4n) is 1.09. The summed E-state index contributed by atoms with van der Waals surface area (Å²) in [5.74, 6) is -0.735. The Balaban J connectivity index is 3.01. The number of benzene rings is 1. The van der Waals surface area contributed by atoms with Crippen molar-refractivity contribution in [3.8, 4) is 0 Å². The molecule has 1 rings (SSSR count). The van der Waals surface area contributed by atoms with Crippen LogP contribution in [-0.2, 0) is 0 Å². The van der Waals surface area contributed by atoms with Crippen LogP contribution in [0.5, 0.6) is 0 Å². The number of alkyl halides is 1. The molecule has 0 amide bonds. The molecule has 1 aromatic carbocycles. The quantitative estimate of drug-likeness (QED) is 0.576. The SMILES string of the molecule is N[C@@H](CF)c1ccc(B(O)O)cc1F. The fourth-order valence-corrected chi connectivity index (χ4v) is 1.09. The van der Waals surface area contributed by atoms with E-state index >= 15 is 0 Å². The van der Waals surface area contributed by atoms with Crippen molar-refractivity contribution in [2.24, 2.45) is 5.73 Å². The molecule has 14 heavy (non-hydrogen) atoms. The van der Waals surface area contributed by atoms with E-state index in [0.717, 1.165) is 6.07 Å². The van der Waals surface area contributed by atoms with Gasteiger partial charge in [0.2, 0.25) is 0 Å². The van der Waals surface area contributed by atoms with E-state index in [1.165, 1.54) is 12.1 Å². The Labute approximate surface area is 80.3 Å². The maximum atomic E-state index is 13.2. The van der Waals surface area contributed by atoms with Gasteiger partial charge in [-0.25, -0.2) is 8.78 Å². The van der Waals surface area contributed by atoms with Gasteiger partial charge in [-0.15, -0.1) is 0 Å². The van der Waals surface area contributed by atoms with Gasteiger partial charge in [0.1, 0.15) is 12.5 Å². The van der Waals surface area contributed by atoms with Crippen molar-refractivity contribution < 1.29 is 18.8 Å². The Morgan fingerprint density at radius 1 is 1.43 bits per heavy atom. The van der Waals surface area contributed by atoms with E-state index in [1.807, 2.05) is 0 Å². The second kappa shape index (κ2) is 4.50. The van der Waals surface area contributed by atoms with Crippen molar-refractivity contribution in [3.05, 3.63) is 29.6 Å². The van der Waals surface area contributed by atoms with Gasteiger partial charge in [-0.05, 0) is 11.5 Å². The molecule has 0 unspecified atom stereocenters. The molecule has 0 aliphatic rings. The number of hydrogen-bond acceptors (Lipinski definition) is 3. The lowest BCUT2D eigenvalue weighted by Gasteiger charge is -2.09. The van der Waals surface area contributed by atoms with Crippen LogP contribution in [-0.4, -0.2) is 23.8 Å². The largest absolute Gasteiger partial charge is 0.488 e. The Hall–Kier alpha value is -0.975. The summed E-state index contributed by atoms with van der Waals surface area (Å²) in [5.41, 5.74) is 5.32. The Morgan fingerprint density at radius 3 is 2.50 bits per heavy atom. The van der Waals surface area contributed by atoms with Crippen molar-refractivity contribution in [1.29, 1.82) is 0 Å². The average molecular weight is 201 g/mol. The molecule has 0 spiro atoms. The lowest BCUT2D eigenvalue weighted by atomic mass is 9.79. The van der Waals surface area contributed by atoms with Crippen molar-refractivity contribution in [2.75, 3.05) is 6.67 Å². The van der Waals surface area contributed by atoms with E-state index in [1.54, 1.807) is 0 Å². The minimum Gasteiger partial charge on any atom is -0.423 e. The zero-order valence-corrected chi connectivity index (χ0v) is 7.32. The van der Waals surface area contributed by atoms with Gasteiger partial charge in [-0.2, -0.15) is 0 Å². The minimum atomic E-state index is -1.74. The molecule has 0 saturated heterocycles. The van der Waals surface area contributed by atoms with Crippen LogP contribution < -0.4 is 11.2 Å². The van der Waals surface area contributed by atoms with Gasteiger partial charge in [0.25, 0.3) is 0 Å². The predicted molar refractivity (Wildman–Crippen MR) is 49.1 cm³/mol. The molecule has 0 aliphatic carbocycles. The molecular formula is C8H10BF2NO2.